The van der Waals surface area contributed by atoms with Crippen LogP contribution in [0.4, 0.5) is 17.6 Å². The molecule has 0 radical (unpaired) electrons. The molecule has 1 amide bonds. The number of carbonyl (C=O) groups excluding carboxylic acids is 1. The first kappa shape index (κ1) is 24.0. The number of imidazole rings is 2. The van der Waals surface area contributed by atoms with Crippen molar-refractivity contribution in [3.05, 3.63) is 46.0 Å². The number of fused-ring (bicyclic) bond motifs is 4. The van der Waals surface area contributed by atoms with Gasteiger partial charge in [0.1, 0.15) is 23.5 Å². The second-order valence-electron chi connectivity index (χ2n) is 9.31. The number of anilines is 3. The fourth-order valence-corrected chi connectivity index (χ4v) is 5.00. The summed E-state index contributed by atoms with van der Waals surface area (Å²) < 4.78 is 9.20. The van der Waals surface area contributed by atoms with Crippen LogP contribution in [0.5, 0.6) is 0 Å². The zero-order valence-electron chi connectivity index (χ0n) is 20.8. The van der Waals surface area contributed by atoms with Crippen LogP contribution in [0.3, 0.4) is 0 Å². The molecule has 1 fully saturated rings. The molecule has 1 aliphatic heterocycles. The minimum absolute atomic E-state index is 0.0242. The van der Waals surface area contributed by atoms with Gasteiger partial charge in [0.25, 0.3) is 5.56 Å². The summed E-state index contributed by atoms with van der Waals surface area (Å²) in [7, 11) is 0. The number of nitrogens with two attached hydrogens (primary N) is 1. The molecule has 0 aliphatic carbocycles. The van der Waals surface area contributed by atoms with Crippen LogP contribution in [0.25, 0.3) is 28.0 Å². The van der Waals surface area contributed by atoms with Crippen molar-refractivity contribution < 1.29 is 19.7 Å². The van der Waals surface area contributed by atoms with E-state index in [0.717, 1.165) is 11.2 Å². The van der Waals surface area contributed by atoms with Crippen LogP contribution in [0.1, 0.15) is 30.7 Å². The molecule has 14 heteroatoms. The third kappa shape index (κ3) is 3.45. The van der Waals surface area contributed by atoms with E-state index in [0.29, 0.717) is 22.4 Å². The van der Waals surface area contributed by atoms with Gasteiger partial charge in [0.15, 0.2) is 16.8 Å². The number of hydrogen-bond donors (Lipinski definition) is 4. The van der Waals surface area contributed by atoms with Gasteiger partial charge < -0.3 is 20.7 Å². The summed E-state index contributed by atoms with van der Waals surface area (Å²) in [5.41, 5.74) is 9.21. The number of aryl methyl sites for hydroxylation is 2. The van der Waals surface area contributed by atoms with Gasteiger partial charge >= 0.3 is 0 Å². The minimum atomic E-state index is -0.985. The molecule has 5 N–H and O–H groups in total. The van der Waals surface area contributed by atoms with Gasteiger partial charge in [0.05, 0.1) is 24.6 Å². The highest BCUT2D eigenvalue weighted by molar-refractivity contribution is 6.01. The van der Waals surface area contributed by atoms with Gasteiger partial charge in [-0.1, -0.05) is 6.07 Å². The number of hydrogen-bond acceptors (Lipinski definition) is 10. The van der Waals surface area contributed by atoms with Crippen molar-refractivity contribution in [1.82, 2.24) is 33.9 Å². The van der Waals surface area contributed by atoms with E-state index in [4.69, 9.17) is 15.5 Å². The lowest BCUT2D eigenvalue weighted by molar-refractivity contribution is -0.116. The maximum atomic E-state index is 13.2. The highest BCUT2D eigenvalue weighted by Gasteiger charge is 2.39. The fraction of sp³-hybridized carbons (Fsp3) is 0.333. The van der Waals surface area contributed by atoms with Crippen molar-refractivity contribution >= 4 is 51.5 Å². The van der Waals surface area contributed by atoms with Crippen LogP contribution in [-0.4, -0.2) is 68.8 Å². The Bertz CT molecular complexity index is 1810. The molecule has 1 saturated heterocycles. The van der Waals surface area contributed by atoms with Crippen molar-refractivity contribution in [2.75, 3.05) is 17.2 Å². The van der Waals surface area contributed by atoms with Crippen molar-refractivity contribution in [3.63, 3.8) is 0 Å². The highest BCUT2D eigenvalue weighted by Crippen LogP contribution is 2.38. The average Bonchev–Trinajstić information content (AvgIpc) is 3.54. The second-order valence-corrected chi connectivity index (χ2v) is 9.31. The molecule has 0 aromatic carbocycles. The smallest absolute Gasteiger partial charge is 0.280 e. The van der Waals surface area contributed by atoms with E-state index in [9.17, 15) is 19.8 Å². The molecule has 38 heavy (non-hydrogen) atoms. The topological polar surface area (TPSA) is 190 Å². The Hall–Kier alpha value is -4.40. The lowest BCUT2D eigenvalue weighted by Gasteiger charge is -2.25. The van der Waals surface area contributed by atoms with Crippen LogP contribution in [0.15, 0.2) is 29.3 Å². The maximum Gasteiger partial charge on any atom is 0.280 e. The molecule has 0 spiro atoms. The Morgan fingerprint density at radius 3 is 2.74 bits per heavy atom. The van der Waals surface area contributed by atoms with E-state index in [1.54, 1.807) is 6.20 Å². The Kier molecular flexibility index (Phi) is 5.41. The molecule has 5 aromatic rings. The average molecular weight is 520 g/mol. The van der Waals surface area contributed by atoms with Crippen molar-refractivity contribution in [2.45, 2.75) is 45.6 Å². The molecule has 0 bridgehead atoms. The Morgan fingerprint density at radius 1 is 1.24 bits per heavy atom. The Morgan fingerprint density at radius 2 is 2.03 bits per heavy atom. The first-order valence-corrected chi connectivity index (χ1v) is 11.9. The SMILES string of the molecule is CC(=O)N(c1cnc2c(nc3c(C)cccn32)c1C)c1nc2c(=O)[nH]c(N)nc2n1[C@H]1C[C@H](O)[C@@H](CO)O1. The zero-order valence-corrected chi connectivity index (χ0v) is 20.8. The van der Waals surface area contributed by atoms with E-state index >= 15 is 0 Å². The number of nitrogen functional groups attached to an aromatic ring is 1. The zero-order chi connectivity index (χ0) is 26.9. The lowest BCUT2D eigenvalue weighted by atomic mass is 10.2. The normalized spacial score (nSPS) is 19.7. The number of nitrogens with one attached hydrogen (secondary N) is 1. The van der Waals surface area contributed by atoms with Crippen LogP contribution in [0.2, 0.25) is 0 Å². The van der Waals surface area contributed by atoms with E-state index < -0.39 is 36.5 Å². The van der Waals surface area contributed by atoms with Crippen LogP contribution in [0, 0.1) is 13.8 Å². The van der Waals surface area contributed by atoms with Crippen LogP contribution < -0.4 is 16.2 Å². The molecule has 1 aliphatic rings. The molecule has 0 saturated carbocycles. The van der Waals surface area contributed by atoms with Crippen LogP contribution in [-0.2, 0) is 9.53 Å². The molecule has 6 heterocycles. The number of carbonyl (C=O) groups is 1. The molecular formula is C24H25N9O5. The van der Waals surface area contributed by atoms with E-state index in [1.165, 1.54) is 16.4 Å². The van der Waals surface area contributed by atoms with Crippen molar-refractivity contribution in [1.29, 1.82) is 0 Å². The van der Waals surface area contributed by atoms with Crippen molar-refractivity contribution in [2.24, 2.45) is 0 Å². The minimum Gasteiger partial charge on any atom is -0.394 e. The van der Waals surface area contributed by atoms with E-state index in [-0.39, 0.29) is 29.5 Å². The first-order chi connectivity index (χ1) is 18.2. The summed E-state index contributed by atoms with van der Waals surface area (Å²) in [5, 5.41) is 20.0. The van der Waals surface area contributed by atoms with Gasteiger partial charge in [-0.15, -0.1) is 0 Å². The summed E-state index contributed by atoms with van der Waals surface area (Å²) >= 11 is 0. The predicted octanol–water partition coefficient (Wildman–Crippen LogP) is 0.840. The maximum absolute atomic E-state index is 13.2. The van der Waals surface area contributed by atoms with Crippen LogP contribution >= 0.6 is 0 Å². The number of amides is 1. The van der Waals surface area contributed by atoms with E-state index in [2.05, 4.69) is 19.9 Å². The molecule has 6 rings (SSSR count). The summed E-state index contributed by atoms with van der Waals surface area (Å²) in [5.74, 6) is -0.551. The molecule has 3 atom stereocenters. The number of aromatic nitrogens is 7. The van der Waals surface area contributed by atoms with Gasteiger partial charge in [-0.05, 0) is 25.5 Å². The number of aliphatic hydroxyl groups is 2. The molecule has 196 valence electrons. The van der Waals surface area contributed by atoms with E-state index in [1.807, 2.05) is 36.6 Å². The predicted molar refractivity (Wildman–Crippen MR) is 137 cm³/mol. The molecule has 5 aromatic heterocycles. The standard InChI is InChI=1S/C24H25N9O5/c1-10-5-4-6-31-19(10)27-17-11(2)13(8-26-20(17)31)32(12(3)35)24-28-18-21(29-23(25)30-22(18)37)33(24)16-7-14(36)15(9-34)38-16/h4-6,8,14-16,34,36H,7,9H2,1-3H3,(H3,25,29,30,37)/t14-,15+,16+/m0/s1. The Balaban J connectivity index is 1.61. The van der Waals surface area contributed by atoms with Gasteiger partial charge in [-0.2, -0.15) is 4.98 Å². The van der Waals surface area contributed by atoms with Gasteiger partial charge in [-0.3, -0.25) is 23.5 Å². The molecule has 0 unspecified atom stereocenters. The highest BCUT2D eigenvalue weighted by atomic mass is 16.5. The summed E-state index contributed by atoms with van der Waals surface area (Å²) in [6.07, 6.45) is 0.734. The molecule has 14 nitrogen and oxygen atoms in total. The largest absolute Gasteiger partial charge is 0.394 e. The van der Waals surface area contributed by atoms with Gasteiger partial charge in [-0.25, -0.2) is 19.9 Å². The summed E-state index contributed by atoms with van der Waals surface area (Å²) in [6, 6.07) is 3.86. The lowest BCUT2D eigenvalue weighted by Crippen LogP contribution is -2.28. The summed E-state index contributed by atoms with van der Waals surface area (Å²) in [4.78, 5) is 47.8. The first-order valence-electron chi connectivity index (χ1n) is 11.9. The summed E-state index contributed by atoms with van der Waals surface area (Å²) in [6.45, 7) is 4.71. The fourth-order valence-electron chi connectivity index (χ4n) is 5.00. The quantitative estimate of drug-likeness (QED) is 0.265. The number of ether oxygens (including phenoxy) is 1. The second kappa shape index (κ2) is 8.58. The number of aromatic amines is 1. The van der Waals surface area contributed by atoms with Gasteiger partial charge in [0.2, 0.25) is 17.8 Å². The molecular weight excluding hydrogens is 494 g/mol. The number of aliphatic hydroxyl groups excluding tert-OH is 2. The van der Waals surface area contributed by atoms with Gasteiger partial charge in [0, 0.05) is 25.1 Å². The third-order valence-corrected chi connectivity index (χ3v) is 6.85. The number of pyridine rings is 2. The monoisotopic (exact) mass is 519 g/mol. The van der Waals surface area contributed by atoms with Crippen molar-refractivity contribution in [3.8, 4) is 0 Å². The number of nitrogens with zero attached hydrogens (tertiary/aromatic N) is 7. The number of H-pyrrole nitrogens is 1. The number of rotatable bonds is 4. The Labute approximate surface area is 214 Å². The third-order valence-electron chi connectivity index (χ3n) is 6.85.